The predicted octanol–water partition coefficient (Wildman–Crippen LogP) is 4.51. The normalized spacial score (nSPS) is 18.3. The monoisotopic (exact) mass is 390 g/mol. The number of carbonyl (C=O) groups excluding carboxylic acids is 1. The number of ether oxygens (including phenoxy) is 1. The number of esters is 1. The molecule has 0 saturated carbocycles. The van der Waals surface area contributed by atoms with Gasteiger partial charge in [0, 0.05) is 4.88 Å². The summed E-state index contributed by atoms with van der Waals surface area (Å²) in [5.74, 6) is 0.247. The molecule has 2 unspecified atom stereocenters. The third-order valence-electron chi connectivity index (χ3n) is 5.72. The van der Waals surface area contributed by atoms with Crippen molar-refractivity contribution >= 4 is 27.5 Å². The maximum absolute atomic E-state index is 13.1. The molecule has 2 aromatic heterocycles. The van der Waals surface area contributed by atoms with Gasteiger partial charge in [-0.15, -0.1) is 11.3 Å². The van der Waals surface area contributed by atoms with Gasteiger partial charge in [-0.3, -0.25) is 9.36 Å². The summed E-state index contributed by atoms with van der Waals surface area (Å²) in [5.41, 5.74) is 1.29. The molecular formula is C21H30N2O3S. The summed E-state index contributed by atoms with van der Waals surface area (Å²) in [6, 6.07) is -0.660. The molecule has 0 saturated heterocycles. The summed E-state index contributed by atoms with van der Waals surface area (Å²) in [6.07, 6.45) is 6.30. The molecule has 0 spiro atoms. The van der Waals surface area contributed by atoms with Gasteiger partial charge in [0.05, 0.1) is 18.3 Å². The Morgan fingerprint density at radius 2 is 2.19 bits per heavy atom. The van der Waals surface area contributed by atoms with Crippen molar-refractivity contribution in [1.29, 1.82) is 0 Å². The van der Waals surface area contributed by atoms with Gasteiger partial charge in [0.15, 0.2) is 0 Å². The average molecular weight is 391 g/mol. The van der Waals surface area contributed by atoms with Gasteiger partial charge in [-0.25, -0.2) is 9.78 Å². The van der Waals surface area contributed by atoms with E-state index in [1.807, 2.05) is 6.92 Å². The standard InChI is InChI=1S/C21H30N2O3S/c1-6-7-10-26-20(25)13(2)23-12-22-18-17(19(23)24)15-9-8-14(21(3,4)5)11-16(15)27-18/h12-14H,6-11H2,1-5H3. The summed E-state index contributed by atoms with van der Waals surface area (Å²) >= 11 is 1.64. The van der Waals surface area contributed by atoms with Gasteiger partial charge in [-0.1, -0.05) is 34.1 Å². The molecule has 5 nitrogen and oxygen atoms in total. The van der Waals surface area contributed by atoms with Crippen molar-refractivity contribution in [3.8, 4) is 0 Å². The molecule has 0 radical (unpaired) electrons. The Labute approximate surface area is 164 Å². The molecule has 148 valence electrons. The van der Waals surface area contributed by atoms with Gasteiger partial charge < -0.3 is 4.74 Å². The number of rotatable bonds is 5. The van der Waals surface area contributed by atoms with E-state index in [4.69, 9.17) is 4.74 Å². The lowest BCUT2D eigenvalue weighted by molar-refractivity contribution is -0.147. The summed E-state index contributed by atoms with van der Waals surface area (Å²) in [4.78, 5) is 32.0. The van der Waals surface area contributed by atoms with Gasteiger partial charge in [0.2, 0.25) is 0 Å². The molecule has 2 atom stereocenters. The van der Waals surface area contributed by atoms with Crippen molar-refractivity contribution in [2.75, 3.05) is 6.61 Å². The number of aryl methyl sites for hydroxylation is 1. The van der Waals surface area contributed by atoms with E-state index in [9.17, 15) is 9.59 Å². The zero-order valence-electron chi connectivity index (χ0n) is 17.0. The Morgan fingerprint density at radius 3 is 2.85 bits per heavy atom. The van der Waals surface area contributed by atoms with Crippen LogP contribution in [0.15, 0.2) is 11.1 Å². The quantitative estimate of drug-likeness (QED) is 0.556. The largest absolute Gasteiger partial charge is 0.464 e. The Balaban J connectivity index is 1.92. The van der Waals surface area contributed by atoms with E-state index in [1.165, 1.54) is 15.8 Å². The molecule has 0 N–H and O–H groups in total. The number of aromatic nitrogens is 2. The van der Waals surface area contributed by atoms with Crippen LogP contribution in [0.3, 0.4) is 0 Å². The maximum atomic E-state index is 13.1. The molecule has 3 rings (SSSR count). The number of fused-ring (bicyclic) bond motifs is 3. The lowest BCUT2D eigenvalue weighted by atomic mass is 9.72. The minimum Gasteiger partial charge on any atom is -0.464 e. The number of thiophene rings is 1. The van der Waals surface area contributed by atoms with Crippen LogP contribution < -0.4 is 5.56 Å². The predicted molar refractivity (Wildman–Crippen MR) is 109 cm³/mol. The lowest BCUT2D eigenvalue weighted by Crippen LogP contribution is -2.30. The first-order chi connectivity index (χ1) is 12.7. The number of carbonyl (C=O) groups is 1. The van der Waals surface area contributed by atoms with Crippen molar-refractivity contribution in [2.24, 2.45) is 11.3 Å². The van der Waals surface area contributed by atoms with Crippen LogP contribution in [0.4, 0.5) is 0 Å². The van der Waals surface area contributed by atoms with E-state index in [0.717, 1.165) is 42.5 Å². The van der Waals surface area contributed by atoms with E-state index in [0.29, 0.717) is 17.9 Å². The lowest BCUT2D eigenvalue weighted by Gasteiger charge is -2.33. The van der Waals surface area contributed by atoms with Gasteiger partial charge in [-0.05, 0) is 49.5 Å². The Morgan fingerprint density at radius 1 is 1.44 bits per heavy atom. The molecule has 1 aliphatic rings. The second kappa shape index (κ2) is 7.74. The molecule has 6 heteroatoms. The van der Waals surface area contributed by atoms with Crippen LogP contribution in [0.2, 0.25) is 0 Å². The first kappa shape index (κ1) is 20.1. The molecule has 0 fully saturated rings. The van der Waals surface area contributed by atoms with Crippen LogP contribution >= 0.6 is 11.3 Å². The van der Waals surface area contributed by atoms with Crippen LogP contribution in [0.1, 0.15) is 70.4 Å². The van der Waals surface area contributed by atoms with Crippen LogP contribution in [-0.4, -0.2) is 22.1 Å². The molecule has 2 aromatic rings. The summed E-state index contributed by atoms with van der Waals surface area (Å²) in [6.45, 7) is 11.0. The van der Waals surface area contributed by atoms with E-state index in [1.54, 1.807) is 18.3 Å². The summed E-state index contributed by atoms with van der Waals surface area (Å²) in [5, 5.41) is 0.707. The SMILES string of the molecule is CCCCOC(=O)C(C)n1cnc2sc3c(c2c1=O)CCC(C(C)(C)C)C3. The zero-order valence-corrected chi connectivity index (χ0v) is 17.8. The van der Waals surface area contributed by atoms with Crippen molar-refractivity contribution in [1.82, 2.24) is 9.55 Å². The molecule has 1 aliphatic carbocycles. The van der Waals surface area contributed by atoms with Gasteiger partial charge >= 0.3 is 5.97 Å². The molecule has 0 aromatic carbocycles. The molecular weight excluding hydrogens is 360 g/mol. The van der Waals surface area contributed by atoms with Crippen LogP contribution in [0.25, 0.3) is 10.2 Å². The van der Waals surface area contributed by atoms with Gasteiger partial charge in [-0.2, -0.15) is 0 Å². The number of nitrogens with zero attached hydrogens (tertiary/aromatic N) is 2. The number of hydrogen-bond donors (Lipinski definition) is 0. The van der Waals surface area contributed by atoms with Crippen molar-refractivity contribution in [3.05, 3.63) is 27.1 Å². The minimum absolute atomic E-state index is 0.119. The van der Waals surface area contributed by atoms with Crippen molar-refractivity contribution in [3.63, 3.8) is 0 Å². The van der Waals surface area contributed by atoms with Crippen molar-refractivity contribution < 1.29 is 9.53 Å². The summed E-state index contributed by atoms with van der Waals surface area (Å²) in [7, 11) is 0. The number of unbranched alkanes of at least 4 members (excludes halogenated alkanes) is 1. The van der Waals surface area contributed by atoms with Gasteiger partial charge in [0.25, 0.3) is 5.56 Å². The molecule has 0 amide bonds. The van der Waals surface area contributed by atoms with Crippen LogP contribution in [0, 0.1) is 11.3 Å². The average Bonchev–Trinajstić information content (AvgIpc) is 2.99. The highest BCUT2D eigenvalue weighted by Crippen LogP contribution is 2.42. The smallest absolute Gasteiger partial charge is 0.328 e. The van der Waals surface area contributed by atoms with Crippen LogP contribution in [0.5, 0.6) is 0 Å². The maximum Gasteiger partial charge on any atom is 0.328 e. The highest BCUT2D eigenvalue weighted by atomic mass is 32.1. The Hall–Kier alpha value is -1.69. The highest BCUT2D eigenvalue weighted by molar-refractivity contribution is 7.18. The zero-order chi connectivity index (χ0) is 19.8. The van der Waals surface area contributed by atoms with Crippen LogP contribution in [-0.2, 0) is 22.4 Å². The molecule has 27 heavy (non-hydrogen) atoms. The Kier molecular flexibility index (Phi) is 5.75. The second-order valence-corrected chi connectivity index (χ2v) is 9.73. The van der Waals surface area contributed by atoms with E-state index < -0.39 is 6.04 Å². The second-order valence-electron chi connectivity index (χ2n) is 8.64. The first-order valence-electron chi connectivity index (χ1n) is 9.92. The highest BCUT2D eigenvalue weighted by Gasteiger charge is 2.32. The topological polar surface area (TPSA) is 61.2 Å². The molecule has 0 bridgehead atoms. The fourth-order valence-electron chi connectivity index (χ4n) is 3.75. The fraction of sp³-hybridized carbons (Fsp3) is 0.667. The summed E-state index contributed by atoms with van der Waals surface area (Å²) < 4.78 is 6.72. The Bertz CT molecular complexity index is 891. The first-order valence-corrected chi connectivity index (χ1v) is 10.7. The third kappa shape index (κ3) is 3.96. The van der Waals surface area contributed by atoms with Crippen molar-refractivity contribution in [2.45, 2.75) is 72.8 Å². The third-order valence-corrected chi connectivity index (χ3v) is 6.88. The molecule has 2 heterocycles. The van der Waals surface area contributed by atoms with E-state index >= 15 is 0 Å². The van der Waals surface area contributed by atoms with Gasteiger partial charge in [0.1, 0.15) is 10.9 Å². The van der Waals surface area contributed by atoms with E-state index in [2.05, 4.69) is 25.8 Å². The van der Waals surface area contributed by atoms with E-state index in [-0.39, 0.29) is 16.9 Å². The number of hydrogen-bond acceptors (Lipinski definition) is 5. The fourth-order valence-corrected chi connectivity index (χ4v) is 5.00. The molecule has 0 aliphatic heterocycles. The minimum atomic E-state index is -0.660.